The normalized spacial score (nSPS) is 13.9. The predicted molar refractivity (Wildman–Crippen MR) is 109 cm³/mol. The fourth-order valence-corrected chi connectivity index (χ4v) is 4.54. The van der Waals surface area contributed by atoms with Gasteiger partial charge in [-0.25, -0.2) is 8.42 Å². The Balaban J connectivity index is 0. The standard InChI is InChI=1S/C21H44O4S.Na/c1-3-5-6-7-8-9-10-11-12-13-14-15-16-17-18-19-21(20(22)4-2)26(23,24)25;/h20-22H,3-19H2,1-2H3,(H,23,24,25);/q;+1/p-1. The van der Waals surface area contributed by atoms with Gasteiger partial charge in [-0.3, -0.25) is 0 Å². The molecule has 2 unspecified atom stereocenters. The molecule has 1 N–H and O–H groups in total. The van der Waals surface area contributed by atoms with Crippen molar-refractivity contribution in [2.24, 2.45) is 0 Å². The first kappa shape index (κ1) is 30.1. The van der Waals surface area contributed by atoms with Crippen molar-refractivity contribution in [3.63, 3.8) is 0 Å². The smallest absolute Gasteiger partial charge is 0.748 e. The molecule has 0 saturated carbocycles. The van der Waals surface area contributed by atoms with Crippen molar-refractivity contribution in [1.82, 2.24) is 0 Å². The van der Waals surface area contributed by atoms with Crippen LogP contribution in [-0.4, -0.2) is 29.4 Å². The van der Waals surface area contributed by atoms with Crippen LogP contribution in [0.25, 0.3) is 0 Å². The molecule has 4 nitrogen and oxygen atoms in total. The third-order valence-electron chi connectivity index (χ3n) is 5.31. The maximum atomic E-state index is 11.2. The van der Waals surface area contributed by atoms with E-state index in [1.54, 1.807) is 6.92 Å². The Morgan fingerprint density at radius 3 is 1.33 bits per heavy atom. The second-order valence-corrected chi connectivity index (χ2v) is 9.34. The minimum atomic E-state index is -4.40. The summed E-state index contributed by atoms with van der Waals surface area (Å²) in [4.78, 5) is 0. The summed E-state index contributed by atoms with van der Waals surface area (Å²) in [6, 6.07) is 0. The molecule has 0 aliphatic heterocycles. The molecule has 0 aromatic carbocycles. The number of unbranched alkanes of at least 4 members (excludes halogenated alkanes) is 14. The van der Waals surface area contributed by atoms with Gasteiger partial charge in [-0.1, -0.05) is 110 Å². The zero-order valence-electron chi connectivity index (χ0n) is 18.3. The Kier molecular flexibility index (Phi) is 22.4. The molecular weight excluding hydrogens is 371 g/mol. The van der Waals surface area contributed by atoms with Crippen LogP contribution in [0.15, 0.2) is 0 Å². The molecule has 27 heavy (non-hydrogen) atoms. The van der Waals surface area contributed by atoms with E-state index in [0.29, 0.717) is 19.3 Å². The molecule has 0 spiro atoms. The van der Waals surface area contributed by atoms with Crippen molar-refractivity contribution in [2.75, 3.05) is 0 Å². The molecule has 0 aliphatic rings. The quantitative estimate of drug-likeness (QED) is 0.200. The second kappa shape index (κ2) is 20.2. The van der Waals surface area contributed by atoms with Crippen molar-refractivity contribution in [1.29, 1.82) is 0 Å². The molecule has 0 aromatic heterocycles. The van der Waals surface area contributed by atoms with Gasteiger partial charge < -0.3 is 9.66 Å². The molecule has 0 aliphatic carbocycles. The van der Waals surface area contributed by atoms with Gasteiger partial charge in [-0.2, -0.15) is 0 Å². The molecule has 0 radical (unpaired) electrons. The fourth-order valence-electron chi connectivity index (χ4n) is 3.51. The van der Waals surface area contributed by atoms with Gasteiger partial charge in [0.2, 0.25) is 0 Å². The van der Waals surface area contributed by atoms with Crippen LogP contribution in [0.1, 0.15) is 123 Å². The summed E-state index contributed by atoms with van der Waals surface area (Å²) in [6.07, 6.45) is 18.4. The molecule has 6 heteroatoms. The monoisotopic (exact) mass is 414 g/mol. The maximum Gasteiger partial charge on any atom is 1.00 e. The predicted octanol–water partition coefficient (Wildman–Crippen LogP) is 2.94. The fraction of sp³-hybridized carbons (Fsp3) is 1.00. The van der Waals surface area contributed by atoms with E-state index in [9.17, 15) is 18.1 Å². The first-order valence-corrected chi connectivity index (χ1v) is 12.5. The third kappa shape index (κ3) is 18.6. The first-order chi connectivity index (χ1) is 12.4. The number of hydrogen-bond acceptors (Lipinski definition) is 4. The number of aliphatic hydroxyl groups excluding tert-OH is 1. The Hall–Kier alpha value is 0.870. The minimum Gasteiger partial charge on any atom is -0.748 e. The second-order valence-electron chi connectivity index (χ2n) is 7.75. The van der Waals surface area contributed by atoms with Gasteiger partial charge >= 0.3 is 29.6 Å². The van der Waals surface area contributed by atoms with Crippen LogP contribution in [0, 0.1) is 0 Å². The van der Waals surface area contributed by atoms with E-state index >= 15 is 0 Å². The van der Waals surface area contributed by atoms with E-state index in [2.05, 4.69) is 6.92 Å². The van der Waals surface area contributed by atoms with Gasteiger partial charge in [-0.15, -0.1) is 0 Å². The summed E-state index contributed by atoms with van der Waals surface area (Å²) >= 11 is 0. The van der Waals surface area contributed by atoms with E-state index in [1.807, 2.05) is 0 Å². The van der Waals surface area contributed by atoms with E-state index in [0.717, 1.165) is 12.8 Å². The molecule has 0 rings (SSSR count). The molecule has 0 bridgehead atoms. The summed E-state index contributed by atoms with van der Waals surface area (Å²) < 4.78 is 33.6. The van der Waals surface area contributed by atoms with Crippen LogP contribution in [0.5, 0.6) is 0 Å². The van der Waals surface area contributed by atoms with Crippen molar-refractivity contribution >= 4 is 10.1 Å². The Morgan fingerprint density at radius 1 is 0.704 bits per heavy atom. The number of aliphatic hydroxyl groups is 1. The molecule has 0 saturated heterocycles. The van der Waals surface area contributed by atoms with Crippen LogP contribution in [0.4, 0.5) is 0 Å². The molecule has 158 valence electrons. The zero-order valence-corrected chi connectivity index (χ0v) is 21.1. The van der Waals surface area contributed by atoms with Crippen molar-refractivity contribution < 1.29 is 47.6 Å². The Morgan fingerprint density at radius 2 is 1.04 bits per heavy atom. The van der Waals surface area contributed by atoms with Crippen LogP contribution < -0.4 is 29.6 Å². The van der Waals surface area contributed by atoms with Crippen LogP contribution >= 0.6 is 0 Å². The maximum absolute atomic E-state index is 11.2. The molecule has 0 heterocycles. The van der Waals surface area contributed by atoms with Crippen LogP contribution in [-0.2, 0) is 10.1 Å². The average molecular weight is 415 g/mol. The Bertz CT molecular complexity index is 401. The van der Waals surface area contributed by atoms with E-state index in [-0.39, 0.29) is 29.6 Å². The summed E-state index contributed by atoms with van der Waals surface area (Å²) in [6.45, 7) is 3.96. The topological polar surface area (TPSA) is 77.4 Å². The number of hydrogen-bond donors (Lipinski definition) is 1. The molecule has 0 aromatic rings. The molecular formula is C21H43NaO4S. The van der Waals surface area contributed by atoms with Gasteiger partial charge in [0.25, 0.3) is 0 Å². The van der Waals surface area contributed by atoms with E-state index < -0.39 is 21.5 Å². The summed E-state index contributed by atoms with van der Waals surface area (Å²) in [7, 11) is -4.40. The van der Waals surface area contributed by atoms with Gasteiger partial charge in [0.15, 0.2) is 0 Å². The van der Waals surface area contributed by atoms with Gasteiger partial charge in [0.05, 0.1) is 11.4 Å². The largest absolute Gasteiger partial charge is 1.00 e. The van der Waals surface area contributed by atoms with Gasteiger partial charge in [0.1, 0.15) is 10.1 Å². The van der Waals surface area contributed by atoms with Crippen molar-refractivity contribution in [2.45, 2.75) is 134 Å². The zero-order chi connectivity index (χ0) is 19.7. The van der Waals surface area contributed by atoms with Crippen molar-refractivity contribution in [3.05, 3.63) is 0 Å². The van der Waals surface area contributed by atoms with Crippen LogP contribution in [0.2, 0.25) is 0 Å². The van der Waals surface area contributed by atoms with Gasteiger partial charge in [-0.05, 0) is 12.8 Å². The Labute approximate surface area is 191 Å². The number of rotatable bonds is 19. The molecule has 2 atom stereocenters. The minimum absolute atomic E-state index is 0. The molecule has 0 amide bonds. The third-order valence-corrected chi connectivity index (χ3v) is 6.60. The van der Waals surface area contributed by atoms with E-state index in [1.165, 1.54) is 77.0 Å². The van der Waals surface area contributed by atoms with Crippen molar-refractivity contribution in [3.8, 4) is 0 Å². The summed E-state index contributed by atoms with van der Waals surface area (Å²) in [5.41, 5.74) is 0. The summed E-state index contributed by atoms with van der Waals surface area (Å²) in [5.74, 6) is 0. The first-order valence-electron chi connectivity index (χ1n) is 11.1. The van der Waals surface area contributed by atoms with Gasteiger partial charge in [0, 0.05) is 0 Å². The SMILES string of the molecule is CCCCCCCCCCCCCCCCCC(C(O)CC)S(=O)(=O)[O-].[Na+]. The summed E-state index contributed by atoms with van der Waals surface area (Å²) in [5, 5.41) is 8.56. The molecule has 0 fully saturated rings. The van der Waals surface area contributed by atoms with E-state index in [4.69, 9.17) is 0 Å². The average Bonchev–Trinajstić information content (AvgIpc) is 2.59. The van der Waals surface area contributed by atoms with Crippen LogP contribution in [0.3, 0.4) is 0 Å².